The van der Waals surface area contributed by atoms with Crippen molar-refractivity contribution in [2.75, 3.05) is 6.54 Å². The summed E-state index contributed by atoms with van der Waals surface area (Å²) >= 11 is 0. The first kappa shape index (κ1) is 33.9. The highest BCUT2D eigenvalue weighted by Crippen LogP contribution is 2.65. The van der Waals surface area contributed by atoms with Crippen molar-refractivity contribution in [1.29, 1.82) is 0 Å². The van der Waals surface area contributed by atoms with Crippen LogP contribution in [0.4, 0.5) is 4.79 Å². The van der Waals surface area contributed by atoms with E-state index in [1.54, 1.807) is 18.2 Å². The van der Waals surface area contributed by atoms with Gasteiger partial charge in [0.1, 0.15) is 17.6 Å². The Labute approximate surface area is 271 Å². The smallest absolute Gasteiger partial charge is 0.316 e. The van der Waals surface area contributed by atoms with Gasteiger partial charge in [-0.15, -0.1) is 0 Å². The fourth-order valence-corrected chi connectivity index (χ4v) is 7.92. The summed E-state index contributed by atoms with van der Waals surface area (Å²) < 4.78 is 27.8. The molecule has 3 saturated carbocycles. The molecule has 46 heavy (non-hydrogen) atoms. The molecule has 1 aromatic rings. The Hall–Kier alpha value is -3.48. The molecule has 5 rings (SSSR count). The van der Waals surface area contributed by atoms with E-state index in [9.17, 15) is 32.4 Å². The SMILES string of the molecule is CC(C)[C@H](NC(=O)NC(C(=O)N1CC2[C@@H]([C@H]1C(=O)NC1(C(=O)NS(=O)(=O)c3ccccc3)CC1)C2(C)C)C(C)(C)C)C(=O)C1CC1. The Morgan fingerprint density at radius 3 is 2.09 bits per heavy atom. The Kier molecular flexibility index (Phi) is 8.57. The van der Waals surface area contributed by atoms with Crippen LogP contribution in [0.15, 0.2) is 35.2 Å². The van der Waals surface area contributed by atoms with Gasteiger partial charge in [0, 0.05) is 12.5 Å². The van der Waals surface area contributed by atoms with Crippen LogP contribution in [-0.4, -0.2) is 73.1 Å². The lowest BCUT2D eigenvalue weighted by atomic mass is 9.85. The maximum atomic E-state index is 14.2. The zero-order valence-electron chi connectivity index (χ0n) is 27.7. The Morgan fingerprint density at radius 1 is 0.957 bits per heavy atom. The number of nitrogens with zero attached hydrogens (tertiary/aromatic N) is 1. The van der Waals surface area contributed by atoms with Crippen molar-refractivity contribution in [2.45, 2.75) is 103 Å². The van der Waals surface area contributed by atoms with Gasteiger partial charge >= 0.3 is 6.03 Å². The van der Waals surface area contributed by atoms with E-state index in [2.05, 4.69) is 20.7 Å². The maximum Gasteiger partial charge on any atom is 0.316 e. The number of benzene rings is 1. The van der Waals surface area contributed by atoms with Gasteiger partial charge < -0.3 is 20.9 Å². The summed E-state index contributed by atoms with van der Waals surface area (Å²) in [5.41, 5.74) is -2.36. The Morgan fingerprint density at radius 2 is 1.57 bits per heavy atom. The molecular formula is C33H47N5O7S. The minimum absolute atomic E-state index is 0.00278. The lowest BCUT2D eigenvalue weighted by molar-refractivity contribution is -0.144. The van der Waals surface area contributed by atoms with Gasteiger partial charge in [-0.3, -0.25) is 19.2 Å². The van der Waals surface area contributed by atoms with Crippen LogP contribution in [0.5, 0.6) is 0 Å². The number of amides is 5. The third-order valence-electron chi connectivity index (χ3n) is 10.2. The summed E-state index contributed by atoms with van der Waals surface area (Å²) in [6.45, 7) is 13.6. The third-order valence-corrected chi connectivity index (χ3v) is 11.6. The van der Waals surface area contributed by atoms with E-state index in [0.717, 1.165) is 12.8 Å². The number of Topliss-reactive ketones (excluding diaryl/α,β-unsaturated/α-hetero) is 1. The van der Waals surface area contributed by atoms with Gasteiger partial charge in [0.05, 0.1) is 10.9 Å². The molecule has 12 nitrogen and oxygen atoms in total. The summed E-state index contributed by atoms with van der Waals surface area (Å²) in [6, 6.07) is 4.29. The average molecular weight is 658 g/mol. The summed E-state index contributed by atoms with van der Waals surface area (Å²) in [7, 11) is -4.15. The first-order chi connectivity index (χ1) is 21.3. The van der Waals surface area contributed by atoms with Crippen molar-refractivity contribution in [1.82, 2.24) is 25.6 Å². The predicted molar refractivity (Wildman–Crippen MR) is 169 cm³/mol. The van der Waals surface area contributed by atoms with Gasteiger partial charge in [-0.1, -0.05) is 66.7 Å². The minimum atomic E-state index is -4.15. The van der Waals surface area contributed by atoms with Gasteiger partial charge in [-0.2, -0.15) is 0 Å². The maximum absolute atomic E-state index is 14.2. The topological polar surface area (TPSA) is 171 Å². The number of nitrogens with one attached hydrogen (secondary N) is 4. The molecule has 13 heteroatoms. The second-order valence-corrected chi connectivity index (χ2v) is 17.2. The molecule has 3 aliphatic carbocycles. The first-order valence-corrected chi connectivity index (χ1v) is 17.6. The molecule has 4 N–H and O–H groups in total. The molecule has 5 amide bonds. The number of fused-ring (bicyclic) bond motifs is 1. The standard InChI is InChI=1S/C33H47N5O7S/c1-18(2)23(25(39)19-13-14-19)34-30(43)35-26(31(3,4)5)28(41)38-17-21-22(32(21,6)7)24(38)27(40)36-33(15-16-33)29(42)37-46(44,45)20-11-9-8-10-12-20/h8-12,18-19,21-24,26H,13-17H2,1-7H3,(H,36,40)(H,37,42)(H2,34,35,43)/t21?,22-,23-,24-,26?/m0/s1. The number of carbonyl (C=O) groups excluding carboxylic acids is 5. The van der Waals surface area contributed by atoms with Crippen molar-refractivity contribution in [3.05, 3.63) is 30.3 Å². The number of carbonyl (C=O) groups is 5. The molecule has 4 aliphatic rings. The van der Waals surface area contributed by atoms with E-state index in [4.69, 9.17) is 0 Å². The van der Waals surface area contributed by atoms with Crippen LogP contribution in [0, 0.1) is 34.5 Å². The van der Waals surface area contributed by atoms with Crippen molar-refractivity contribution < 1.29 is 32.4 Å². The predicted octanol–water partition coefficient (Wildman–Crippen LogP) is 2.34. The fourth-order valence-electron chi connectivity index (χ4n) is 6.85. The number of hydrogen-bond acceptors (Lipinski definition) is 7. The number of urea groups is 1. The third kappa shape index (κ3) is 6.52. The van der Waals surface area contributed by atoms with E-state index in [-0.39, 0.29) is 52.6 Å². The van der Waals surface area contributed by atoms with Crippen LogP contribution >= 0.6 is 0 Å². The molecule has 0 bridgehead atoms. The summed E-state index contributed by atoms with van der Waals surface area (Å²) in [5.74, 6) is -2.06. The van der Waals surface area contributed by atoms with Crippen LogP contribution in [0.25, 0.3) is 0 Å². The Balaban J connectivity index is 1.31. The van der Waals surface area contributed by atoms with E-state index in [0.29, 0.717) is 6.54 Å². The molecular weight excluding hydrogens is 610 g/mol. The van der Waals surface area contributed by atoms with Gasteiger partial charge in [-0.25, -0.2) is 17.9 Å². The fraction of sp³-hybridized carbons (Fsp3) is 0.667. The molecule has 2 unspecified atom stereocenters. The largest absolute Gasteiger partial charge is 0.340 e. The molecule has 252 valence electrons. The van der Waals surface area contributed by atoms with Gasteiger partial charge in [0.25, 0.3) is 15.9 Å². The number of hydrogen-bond donors (Lipinski definition) is 4. The lowest BCUT2D eigenvalue weighted by Gasteiger charge is -2.38. The highest BCUT2D eigenvalue weighted by atomic mass is 32.2. The molecule has 4 fully saturated rings. The molecule has 0 spiro atoms. The van der Waals surface area contributed by atoms with Crippen molar-refractivity contribution in [3.8, 4) is 0 Å². The van der Waals surface area contributed by atoms with Crippen LogP contribution in [0.2, 0.25) is 0 Å². The van der Waals surface area contributed by atoms with Gasteiger partial charge in [0.2, 0.25) is 11.8 Å². The monoisotopic (exact) mass is 657 g/mol. The van der Waals surface area contributed by atoms with E-state index in [1.165, 1.54) is 17.0 Å². The lowest BCUT2D eigenvalue weighted by Crippen LogP contribution is -2.62. The van der Waals surface area contributed by atoms with Crippen molar-refractivity contribution >= 4 is 39.6 Å². The quantitative estimate of drug-likeness (QED) is 0.283. The Bertz CT molecular complexity index is 1530. The van der Waals surface area contributed by atoms with Crippen molar-refractivity contribution in [2.24, 2.45) is 34.5 Å². The molecule has 0 radical (unpaired) electrons. The molecule has 1 heterocycles. The number of likely N-dealkylation sites (tertiary alicyclic amines) is 1. The average Bonchev–Trinajstić information content (AvgIpc) is 3.92. The highest BCUT2D eigenvalue weighted by Gasteiger charge is 2.70. The minimum Gasteiger partial charge on any atom is -0.340 e. The number of rotatable bonds is 11. The van der Waals surface area contributed by atoms with E-state index < -0.39 is 62.9 Å². The zero-order chi connectivity index (χ0) is 34.0. The van der Waals surface area contributed by atoms with Crippen LogP contribution in [-0.2, 0) is 29.2 Å². The normalized spacial score (nSPS) is 25.5. The second-order valence-electron chi connectivity index (χ2n) is 15.5. The summed E-state index contributed by atoms with van der Waals surface area (Å²) in [6.07, 6.45) is 2.15. The van der Waals surface area contributed by atoms with Crippen molar-refractivity contribution in [3.63, 3.8) is 0 Å². The molecule has 5 atom stereocenters. The van der Waals surface area contributed by atoms with E-state index in [1.807, 2.05) is 48.5 Å². The molecule has 1 aromatic carbocycles. The number of ketones is 1. The zero-order valence-corrected chi connectivity index (χ0v) is 28.5. The summed E-state index contributed by atoms with van der Waals surface area (Å²) in [5, 5.41) is 8.40. The molecule has 1 aliphatic heterocycles. The first-order valence-electron chi connectivity index (χ1n) is 16.2. The van der Waals surface area contributed by atoms with Gasteiger partial charge in [-0.05, 0) is 66.4 Å². The van der Waals surface area contributed by atoms with Gasteiger partial charge in [0.15, 0.2) is 5.78 Å². The highest BCUT2D eigenvalue weighted by molar-refractivity contribution is 7.90. The summed E-state index contributed by atoms with van der Waals surface area (Å²) in [4.78, 5) is 68.9. The van der Waals surface area contributed by atoms with Crippen LogP contribution < -0.4 is 20.7 Å². The number of sulfonamides is 1. The van der Waals surface area contributed by atoms with E-state index >= 15 is 0 Å². The number of piperidine rings is 1. The second kappa shape index (κ2) is 11.6. The van der Waals surface area contributed by atoms with Crippen LogP contribution in [0.1, 0.15) is 74.1 Å². The molecule has 0 aromatic heterocycles. The van der Waals surface area contributed by atoms with Crippen LogP contribution in [0.3, 0.4) is 0 Å². The molecule has 1 saturated heterocycles.